The lowest BCUT2D eigenvalue weighted by Crippen LogP contribution is -2.15. The minimum Gasteiger partial charge on any atom is -0.495 e. The summed E-state index contributed by atoms with van der Waals surface area (Å²) < 4.78 is 5.01. The first-order valence-electron chi connectivity index (χ1n) is 6.61. The van der Waals surface area contributed by atoms with Crippen molar-refractivity contribution in [2.75, 3.05) is 12.4 Å². The van der Waals surface area contributed by atoms with Crippen molar-refractivity contribution in [3.05, 3.63) is 52.2 Å². The van der Waals surface area contributed by atoms with Gasteiger partial charge >= 0.3 is 0 Å². The summed E-state index contributed by atoms with van der Waals surface area (Å²) in [6, 6.07) is 3.32. The van der Waals surface area contributed by atoms with Crippen LogP contribution in [0.5, 0.6) is 5.75 Å². The molecule has 0 radical (unpaired) electrons. The van der Waals surface area contributed by atoms with Gasteiger partial charge in [0.05, 0.1) is 29.8 Å². The van der Waals surface area contributed by atoms with Crippen molar-refractivity contribution in [1.82, 2.24) is 15.0 Å². The van der Waals surface area contributed by atoms with E-state index in [2.05, 4.69) is 20.3 Å². The van der Waals surface area contributed by atoms with E-state index in [1.165, 1.54) is 19.5 Å². The van der Waals surface area contributed by atoms with Crippen LogP contribution in [0.15, 0.2) is 35.5 Å². The number of hydrogen-bond acceptors (Lipinski definition) is 4. The first kappa shape index (κ1) is 13.9. The SMILES string of the molecule is COc1ccc(NC(=O)c2c[nH]c3c(C)c[nH]c(=O)c23)nc1. The lowest BCUT2D eigenvalue weighted by Gasteiger charge is -2.04. The molecule has 0 bridgehead atoms. The Kier molecular flexibility index (Phi) is 3.38. The van der Waals surface area contributed by atoms with E-state index in [0.717, 1.165) is 5.56 Å². The van der Waals surface area contributed by atoms with Crippen molar-refractivity contribution in [1.29, 1.82) is 0 Å². The van der Waals surface area contributed by atoms with E-state index in [4.69, 9.17) is 4.74 Å². The number of hydrogen-bond donors (Lipinski definition) is 3. The van der Waals surface area contributed by atoms with E-state index >= 15 is 0 Å². The summed E-state index contributed by atoms with van der Waals surface area (Å²) in [5.74, 6) is 0.571. The van der Waals surface area contributed by atoms with Crippen molar-refractivity contribution in [2.24, 2.45) is 0 Å². The highest BCUT2D eigenvalue weighted by atomic mass is 16.5. The molecule has 7 nitrogen and oxygen atoms in total. The van der Waals surface area contributed by atoms with E-state index in [-0.39, 0.29) is 11.1 Å². The number of nitrogens with zero attached hydrogens (tertiary/aromatic N) is 1. The number of carbonyl (C=O) groups excluding carboxylic acids is 1. The van der Waals surface area contributed by atoms with Gasteiger partial charge in [0.25, 0.3) is 11.5 Å². The summed E-state index contributed by atoms with van der Waals surface area (Å²) in [4.78, 5) is 34.0. The van der Waals surface area contributed by atoms with Crippen LogP contribution in [0.1, 0.15) is 15.9 Å². The Balaban J connectivity index is 1.95. The van der Waals surface area contributed by atoms with E-state index < -0.39 is 5.91 Å². The van der Waals surface area contributed by atoms with Crippen LogP contribution in [-0.4, -0.2) is 28.0 Å². The first-order chi connectivity index (χ1) is 10.6. The van der Waals surface area contributed by atoms with Crippen LogP contribution in [0.2, 0.25) is 0 Å². The van der Waals surface area contributed by atoms with Gasteiger partial charge in [-0.25, -0.2) is 4.98 Å². The maximum atomic E-state index is 12.4. The molecule has 3 heterocycles. The number of ether oxygens (including phenoxy) is 1. The van der Waals surface area contributed by atoms with Crippen LogP contribution < -0.4 is 15.6 Å². The molecule has 3 aromatic heterocycles. The zero-order valence-corrected chi connectivity index (χ0v) is 12.1. The number of anilines is 1. The number of rotatable bonds is 3. The van der Waals surface area contributed by atoms with Gasteiger partial charge in [0.1, 0.15) is 11.6 Å². The largest absolute Gasteiger partial charge is 0.495 e. The smallest absolute Gasteiger partial charge is 0.259 e. The second-order valence-electron chi connectivity index (χ2n) is 4.79. The monoisotopic (exact) mass is 298 g/mol. The van der Waals surface area contributed by atoms with E-state index in [0.29, 0.717) is 22.5 Å². The van der Waals surface area contributed by atoms with Gasteiger partial charge < -0.3 is 20.0 Å². The molecular formula is C15H14N4O3. The lowest BCUT2D eigenvalue weighted by molar-refractivity contribution is 0.102. The van der Waals surface area contributed by atoms with Crippen LogP contribution in [0.4, 0.5) is 5.82 Å². The van der Waals surface area contributed by atoms with Gasteiger partial charge in [-0.05, 0) is 24.6 Å². The summed E-state index contributed by atoms with van der Waals surface area (Å²) >= 11 is 0. The summed E-state index contributed by atoms with van der Waals surface area (Å²) in [6.07, 6.45) is 4.63. The summed E-state index contributed by atoms with van der Waals surface area (Å²) in [5, 5.41) is 2.99. The Hall–Kier alpha value is -3.09. The topological polar surface area (TPSA) is 99.9 Å². The van der Waals surface area contributed by atoms with E-state index in [1.54, 1.807) is 18.3 Å². The predicted octanol–water partition coefficient (Wildman–Crippen LogP) is 1.82. The van der Waals surface area contributed by atoms with Crippen molar-refractivity contribution >= 4 is 22.6 Å². The Morgan fingerprint density at radius 3 is 2.77 bits per heavy atom. The molecule has 0 unspecified atom stereocenters. The zero-order valence-electron chi connectivity index (χ0n) is 12.1. The van der Waals surface area contributed by atoms with Crippen LogP contribution >= 0.6 is 0 Å². The molecule has 112 valence electrons. The summed E-state index contributed by atoms with van der Waals surface area (Å²) in [7, 11) is 1.54. The van der Waals surface area contributed by atoms with Crippen molar-refractivity contribution in [3.63, 3.8) is 0 Å². The first-order valence-corrected chi connectivity index (χ1v) is 6.61. The predicted molar refractivity (Wildman–Crippen MR) is 82.4 cm³/mol. The summed E-state index contributed by atoms with van der Waals surface area (Å²) in [6.45, 7) is 1.85. The molecule has 22 heavy (non-hydrogen) atoms. The highest BCUT2D eigenvalue weighted by Crippen LogP contribution is 2.18. The third-order valence-electron chi connectivity index (χ3n) is 3.38. The van der Waals surface area contributed by atoms with Gasteiger partial charge in [-0.1, -0.05) is 0 Å². The quantitative estimate of drug-likeness (QED) is 0.686. The summed E-state index contributed by atoms with van der Waals surface area (Å²) in [5.41, 5.74) is 1.47. The average Bonchev–Trinajstić information content (AvgIpc) is 2.98. The minimum absolute atomic E-state index is 0.276. The van der Waals surface area contributed by atoms with Gasteiger partial charge in [0, 0.05) is 12.4 Å². The highest BCUT2D eigenvalue weighted by molar-refractivity contribution is 6.12. The van der Waals surface area contributed by atoms with Crippen molar-refractivity contribution < 1.29 is 9.53 Å². The maximum absolute atomic E-state index is 12.4. The molecule has 3 aromatic rings. The molecule has 0 aliphatic carbocycles. The molecule has 0 saturated carbocycles. The molecule has 7 heteroatoms. The zero-order chi connectivity index (χ0) is 15.7. The second kappa shape index (κ2) is 5.36. The number of carbonyl (C=O) groups is 1. The van der Waals surface area contributed by atoms with Crippen molar-refractivity contribution in [2.45, 2.75) is 6.92 Å². The molecule has 0 spiro atoms. The minimum atomic E-state index is -0.403. The molecular weight excluding hydrogens is 284 g/mol. The fourth-order valence-electron chi connectivity index (χ4n) is 2.23. The number of amides is 1. The highest BCUT2D eigenvalue weighted by Gasteiger charge is 2.16. The molecule has 0 fully saturated rings. The van der Waals surface area contributed by atoms with Crippen LogP contribution in [0.25, 0.3) is 10.9 Å². The van der Waals surface area contributed by atoms with Crippen LogP contribution in [0.3, 0.4) is 0 Å². The number of fused-ring (bicyclic) bond motifs is 1. The van der Waals surface area contributed by atoms with Gasteiger partial charge in [0.2, 0.25) is 0 Å². The van der Waals surface area contributed by atoms with Crippen LogP contribution in [-0.2, 0) is 0 Å². The van der Waals surface area contributed by atoms with E-state index in [9.17, 15) is 9.59 Å². The van der Waals surface area contributed by atoms with Crippen molar-refractivity contribution in [3.8, 4) is 5.75 Å². The molecule has 0 saturated heterocycles. The number of methoxy groups -OCH3 is 1. The number of pyridine rings is 2. The van der Waals surface area contributed by atoms with Gasteiger partial charge in [-0.2, -0.15) is 0 Å². The van der Waals surface area contributed by atoms with E-state index in [1.807, 2.05) is 6.92 Å². The number of aryl methyl sites for hydroxylation is 1. The fourth-order valence-corrected chi connectivity index (χ4v) is 2.23. The standard InChI is InChI=1S/C15H14N4O3/c1-8-5-18-15(21)12-10(7-17-13(8)12)14(20)19-11-4-3-9(22-2)6-16-11/h3-7,17H,1-2H3,(H,18,21)(H,16,19,20). The number of nitrogens with one attached hydrogen (secondary N) is 3. The number of aromatic amines is 2. The normalized spacial score (nSPS) is 10.6. The average molecular weight is 298 g/mol. The second-order valence-corrected chi connectivity index (χ2v) is 4.79. The third kappa shape index (κ3) is 2.32. The molecule has 3 N–H and O–H groups in total. The number of H-pyrrole nitrogens is 2. The Labute approximate surface area is 125 Å². The molecule has 1 amide bonds. The molecule has 0 aliphatic heterocycles. The third-order valence-corrected chi connectivity index (χ3v) is 3.38. The molecule has 3 rings (SSSR count). The maximum Gasteiger partial charge on any atom is 0.259 e. The molecule has 0 aromatic carbocycles. The molecule has 0 aliphatic rings. The number of aromatic nitrogens is 3. The van der Waals surface area contributed by atoms with Crippen LogP contribution in [0, 0.1) is 6.92 Å². The fraction of sp³-hybridized carbons (Fsp3) is 0.133. The Bertz CT molecular complexity index is 893. The Morgan fingerprint density at radius 1 is 1.27 bits per heavy atom. The Morgan fingerprint density at radius 2 is 2.09 bits per heavy atom. The van der Waals surface area contributed by atoms with Gasteiger partial charge in [0.15, 0.2) is 0 Å². The lowest BCUT2D eigenvalue weighted by atomic mass is 10.1. The molecule has 0 atom stereocenters. The van der Waals surface area contributed by atoms with Gasteiger partial charge in [-0.15, -0.1) is 0 Å². The van der Waals surface area contributed by atoms with Gasteiger partial charge in [-0.3, -0.25) is 9.59 Å².